The largest absolute Gasteiger partial charge is 0.444 e. The normalized spacial score (nSPS) is 12.9. The SMILES string of the molecule is CC(NC(=O)OC(C)(C)C)N(C)C(=N)N. The van der Waals surface area contributed by atoms with E-state index in [1.807, 2.05) is 0 Å². The van der Waals surface area contributed by atoms with Gasteiger partial charge >= 0.3 is 6.09 Å². The highest BCUT2D eigenvalue weighted by molar-refractivity contribution is 5.75. The van der Waals surface area contributed by atoms with E-state index in [0.29, 0.717) is 0 Å². The molecule has 0 aliphatic carbocycles. The Morgan fingerprint density at radius 2 is 2.00 bits per heavy atom. The zero-order valence-electron chi connectivity index (χ0n) is 9.92. The van der Waals surface area contributed by atoms with Crippen LogP contribution in [0.5, 0.6) is 0 Å². The van der Waals surface area contributed by atoms with Gasteiger partial charge in [0.05, 0.1) is 0 Å². The number of nitrogens with zero attached hydrogens (tertiary/aromatic N) is 1. The summed E-state index contributed by atoms with van der Waals surface area (Å²) in [6, 6.07) is 0. The molecule has 0 aliphatic rings. The maximum Gasteiger partial charge on any atom is 0.409 e. The number of amides is 1. The molecular weight excluding hydrogens is 196 g/mol. The van der Waals surface area contributed by atoms with Crippen LogP contribution < -0.4 is 11.1 Å². The molecule has 0 radical (unpaired) electrons. The first-order valence-electron chi connectivity index (χ1n) is 4.70. The number of carbonyl (C=O) groups excluding carboxylic acids is 1. The Hall–Kier alpha value is -1.46. The number of alkyl carbamates (subject to hydrolysis) is 1. The first-order valence-corrected chi connectivity index (χ1v) is 4.70. The van der Waals surface area contributed by atoms with Gasteiger partial charge in [-0.2, -0.15) is 0 Å². The molecule has 88 valence electrons. The quantitative estimate of drug-likeness (QED) is 0.359. The Bertz CT molecular complexity index is 247. The van der Waals surface area contributed by atoms with Gasteiger partial charge in [-0.15, -0.1) is 0 Å². The molecule has 6 heteroatoms. The maximum atomic E-state index is 11.3. The lowest BCUT2D eigenvalue weighted by Crippen LogP contribution is -2.50. The summed E-state index contributed by atoms with van der Waals surface area (Å²) in [7, 11) is 1.62. The van der Waals surface area contributed by atoms with E-state index in [9.17, 15) is 4.79 Å². The molecule has 0 spiro atoms. The minimum absolute atomic E-state index is 0.112. The first-order chi connectivity index (χ1) is 6.63. The molecule has 0 saturated carbocycles. The molecule has 6 nitrogen and oxygen atoms in total. The van der Waals surface area contributed by atoms with Crippen LogP contribution in [0.15, 0.2) is 0 Å². The van der Waals surface area contributed by atoms with Gasteiger partial charge in [0.1, 0.15) is 11.8 Å². The van der Waals surface area contributed by atoms with E-state index in [1.54, 1.807) is 34.7 Å². The zero-order chi connectivity index (χ0) is 12.2. The third kappa shape index (κ3) is 5.77. The molecule has 0 saturated heterocycles. The molecule has 0 aromatic rings. The fourth-order valence-corrected chi connectivity index (χ4v) is 0.784. The van der Waals surface area contributed by atoms with E-state index in [2.05, 4.69) is 5.32 Å². The van der Waals surface area contributed by atoms with Crippen LogP contribution in [-0.2, 0) is 4.74 Å². The lowest BCUT2D eigenvalue weighted by Gasteiger charge is -2.27. The van der Waals surface area contributed by atoms with Gasteiger partial charge in [0.15, 0.2) is 5.96 Å². The van der Waals surface area contributed by atoms with Crippen molar-refractivity contribution in [2.45, 2.75) is 39.5 Å². The number of ether oxygens (including phenoxy) is 1. The number of nitrogens with two attached hydrogens (primary N) is 1. The van der Waals surface area contributed by atoms with Crippen LogP contribution in [0.3, 0.4) is 0 Å². The van der Waals surface area contributed by atoms with Crippen molar-refractivity contribution in [1.29, 1.82) is 5.41 Å². The van der Waals surface area contributed by atoms with Crippen molar-refractivity contribution >= 4 is 12.1 Å². The van der Waals surface area contributed by atoms with Crippen molar-refractivity contribution in [3.8, 4) is 0 Å². The van der Waals surface area contributed by atoms with Gasteiger partial charge in [0.2, 0.25) is 0 Å². The van der Waals surface area contributed by atoms with Crippen molar-refractivity contribution in [1.82, 2.24) is 10.2 Å². The Labute approximate surface area is 90.3 Å². The molecule has 0 aromatic heterocycles. The Morgan fingerprint density at radius 1 is 1.53 bits per heavy atom. The highest BCUT2D eigenvalue weighted by Crippen LogP contribution is 2.06. The third-order valence-corrected chi connectivity index (χ3v) is 1.69. The van der Waals surface area contributed by atoms with Crippen LogP contribution >= 0.6 is 0 Å². The molecule has 0 bridgehead atoms. The van der Waals surface area contributed by atoms with E-state index in [0.717, 1.165) is 0 Å². The second kappa shape index (κ2) is 4.86. The average Bonchev–Trinajstić information content (AvgIpc) is 1.98. The van der Waals surface area contributed by atoms with Crippen molar-refractivity contribution in [2.75, 3.05) is 7.05 Å². The number of hydrogen-bond acceptors (Lipinski definition) is 3. The zero-order valence-corrected chi connectivity index (χ0v) is 9.92. The van der Waals surface area contributed by atoms with Crippen LogP contribution in [0.25, 0.3) is 0 Å². The standard InChI is InChI=1S/C9H20N4O2/c1-6(13(5)7(10)11)12-8(14)15-9(2,3)4/h6H,1-5H3,(H3,10,11)(H,12,14). The molecule has 4 N–H and O–H groups in total. The summed E-state index contributed by atoms with van der Waals surface area (Å²) < 4.78 is 5.05. The summed E-state index contributed by atoms with van der Waals surface area (Å²) in [6.45, 7) is 7.06. The second-order valence-electron chi connectivity index (χ2n) is 4.32. The van der Waals surface area contributed by atoms with Gasteiger partial charge in [0.25, 0.3) is 0 Å². The summed E-state index contributed by atoms with van der Waals surface area (Å²) in [5.41, 5.74) is 4.73. The van der Waals surface area contributed by atoms with E-state index in [4.69, 9.17) is 15.9 Å². The molecule has 1 atom stereocenters. The second-order valence-corrected chi connectivity index (χ2v) is 4.32. The fraction of sp³-hybridized carbons (Fsp3) is 0.778. The van der Waals surface area contributed by atoms with Crippen LogP contribution in [0.4, 0.5) is 4.79 Å². The molecule has 0 heterocycles. The van der Waals surface area contributed by atoms with Crippen molar-refractivity contribution in [2.24, 2.45) is 5.73 Å². The summed E-state index contributed by atoms with van der Waals surface area (Å²) >= 11 is 0. The highest BCUT2D eigenvalue weighted by atomic mass is 16.6. The van der Waals surface area contributed by atoms with Gasteiger partial charge in [0, 0.05) is 7.05 Å². The van der Waals surface area contributed by atoms with Gasteiger partial charge in [-0.05, 0) is 27.7 Å². The maximum absolute atomic E-state index is 11.3. The summed E-state index contributed by atoms with van der Waals surface area (Å²) in [5, 5.41) is 9.73. The molecule has 0 fully saturated rings. The molecule has 1 amide bonds. The predicted octanol–water partition coefficient (Wildman–Crippen LogP) is 0.682. The van der Waals surface area contributed by atoms with E-state index in [1.165, 1.54) is 4.90 Å². The number of guanidine groups is 1. The monoisotopic (exact) mass is 216 g/mol. The number of rotatable bonds is 2. The Balaban J connectivity index is 4.13. The van der Waals surface area contributed by atoms with Crippen LogP contribution in [-0.4, -0.2) is 35.8 Å². The predicted molar refractivity (Wildman–Crippen MR) is 58.5 cm³/mol. The highest BCUT2D eigenvalue weighted by Gasteiger charge is 2.19. The Kier molecular flexibility index (Phi) is 4.39. The third-order valence-electron chi connectivity index (χ3n) is 1.69. The molecule has 0 rings (SSSR count). The number of hydrogen-bond donors (Lipinski definition) is 3. The average molecular weight is 216 g/mol. The molecule has 1 unspecified atom stereocenters. The van der Waals surface area contributed by atoms with Gasteiger partial charge in [-0.3, -0.25) is 5.41 Å². The fourth-order valence-electron chi connectivity index (χ4n) is 0.784. The molecule has 15 heavy (non-hydrogen) atoms. The molecular formula is C9H20N4O2. The van der Waals surface area contributed by atoms with Crippen molar-refractivity contribution in [3.05, 3.63) is 0 Å². The lowest BCUT2D eigenvalue weighted by atomic mass is 10.2. The van der Waals surface area contributed by atoms with Gasteiger partial charge < -0.3 is 20.7 Å². The number of carbonyl (C=O) groups is 1. The van der Waals surface area contributed by atoms with Gasteiger partial charge in [-0.1, -0.05) is 0 Å². The van der Waals surface area contributed by atoms with E-state index in [-0.39, 0.29) is 12.1 Å². The summed E-state index contributed by atoms with van der Waals surface area (Å²) in [5.74, 6) is -0.112. The first kappa shape index (κ1) is 13.5. The van der Waals surface area contributed by atoms with Crippen molar-refractivity contribution in [3.63, 3.8) is 0 Å². The van der Waals surface area contributed by atoms with E-state index < -0.39 is 11.7 Å². The smallest absolute Gasteiger partial charge is 0.409 e. The van der Waals surface area contributed by atoms with Crippen molar-refractivity contribution < 1.29 is 9.53 Å². The summed E-state index contributed by atoms with van der Waals surface area (Å²) in [6.07, 6.45) is -0.902. The van der Waals surface area contributed by atoms with Crippen LogP contribution in [0.2, 0.25) is 0 Å². The van der Waals surface area contributed by atoms with Crippen LogP contribution in [0, 0.1) is 5.41 Å². The minimum Gasteiger partial charge on any atom is -0.444 e. The Morgan fingerprint density at radius 3 is 2.33 bits per heavy atom. The molecule has 0 aromatic carbocycles. The van der Waals surface area contributed by atoms with Crippen LogP contribution in [0.1, 0.15) is 27.7 Å². The summed E-state index contributed by atoms with van der Waals surface area (Å²) in [4.78, 5) is 12.7. The minimum atomic E-state index is -0.529. The lowest BCUT2D eigenvalue weighted by molar-refractivity contribution is 0.0476. The van der Waals surface area contributed by atoms with Gasteiger partial charge in [-0.25, -0.2) is 4.79 Å². The van der Waals surface area contributed by atoms with E-state index >= 15 is 0 Å². The number of nitrogens with one attached hydrogen (secondary N) is 2. The topological polar surface area (TPSA) is 91.4 Å². The molecule has 0 aliphatic heterocycles.